The van der Waals surface area contributed by atoms with Crippen LogP contribution in [-0.2, 0) is 0 Å². The Bertz CT molecular complexity index is 518. The van der Waals surface area contributed by atoms with Gasteiger partial charge in [0.15, 0.2) is 0 Å². The van der Waals surface area contributed by atoms with Crippen molar-refractivity contribution in [2.45, 2.75) is 6.42 Å². The monoisotopic (exact) mass is 254 g/mol. The lowest BCUT2D eigenvalue weighted by Crippen LogP contribution is -2.00. The Hall–Kier alpha value is -2.06. The van der Waals surface area contributed by atoms with Crippen molar-refractivity contribution in [3.63, 3.8) is 0 Å². The molecule has 1 N–H and O–H groups in total. The average molecular weight is 254 g/mol. The van der Waals surface area contributed by atoms with Gasteiger partial charge in [0.1, 0.15) is 5.75 Å². The van der Waals surface area contributed by atoms with Gasteiger partial charge in [0.25, 0.3) is 0 Å². The molecule has 0 aromatic heterocycles. The van der Waals surface area contributed by atoms with Gasteiger partial charge in [0.2, 0.25) is 0 Å². The normalized spacial score (nSPS) is 10.8. The van der Waals surface area contributed by atoms with Crippen molar-refractivity contribution in [1.82, 2.24) is 0 Å². The minimum absolute atomic E-state index is 0.155. The van der Waals surface area contributed by atoms with Crippen LogP contribution in [-0.4, -0.2) is 18.3 Å². The number of hydrogen-bond donors (Lipinski definition) is 1. The lowest BCUT2D eigenvalue weighted by molar-refractivity contribution is 0.233. The smallest absolute Gasteiger partial charge is 0.126 e. The molecule has 0 aliphatic heterocycles. The third-order valence-corrected chi connectivity index (χ3v) is 2.73. The van der Waals surface area contributed by atoms with Gasteiger partial charge in [-0.25, -0.2) is 0 Å². The highest BCUT2D eigenvalue weighted by atomic mass is 16.5. The van der Waals surface area contributed by atoms with Crippen molar-refractivity contribution in [2.24, 2.45) is 0 Å². The second kappa shape index (κ2) is 7.39. The van der Waals surface area contributed by atoms with Crippen molar-refractivity contribution in [1.29, 1.82) is 0 Å². The van der Waals surface area contributed by atoms with E-state index in [2.05, 4.69) is 18.2 Å². The summed E-state index contributed by atoms with van der Waals surface area (Å²) in [7, 11) is 0. The van der Waals surface area contributed by atoms with Crippen LogP contribution in [0, 0.1) is 0 Å². The molecule has 2 aromatic rings. The molecular weight excluding hydrogens is 236 g/mol. The second-order valence-corrected chi connectivity index (χ2v) is 4.21. The van der Waals surface area contributed by atoms with E-state index in [1.807, 2.05) is 48.5 Å². The van der Waals surface area contributed by atoms with E-state index in [0.717, 1.165) is 16.9 Å². The molecule has 0 radical (unpaired) electrons. The summed E-state index contributed by atoms with van der Waals surface area (Å²) in [6.07, 6.45) is 4.76. The summed E-state index contributed by atoms with van der Waals surface area (Å²) in [6, 6.07) is 18.1. The largest absolute Gasteiger partial charge is 0.493 e. The number of ether oxygens (including phenoxy) is 1. The molecule has 2 nitrogen and oxygen atoms in total. The molecule has 2 heteroatoms. The lowest BCUT2D eigenvalue weighted by Gasteiger charge is -2.08. The van der Waals surface area contributed by atoms with Crippen LogP contribution in [0.25, 0.3) is 12.2 Å². The van der Waals surface area contributed by atoms with E-state index in [-0.39, 0.29) is 6.61 Å². The van der Waals surface area contributed by atoms with Gasteiger partial charge in [-0.05, 0) is 11.6 Å². The molecule has 98 valence electrons. The van der Waals surface area contributed by atoms with E-state index >= 15 is 0 Å². The molecule has 0 atom stereocenters. The van der Waals surface area contributed by atoms with Gasteiger partial charge in [-0.15, -0.1) is 0 Å². The highest BCUT2D eigenvalue weighted by Crippen LogP contribution is 2.20. The number of rotatable bonds is 6. The Labute approximate surface area is 114 Å². The lowest BCUT2D eigenvalue weighted by atomic mass is 10.1. The molecule has 0 fully saturated rings. The first-order valence-electron chi connectivity index (χ1n) is 6.46. The van der Waals surface area contributed by atoms with E-state index in [1.54, 1.807) is 0 Å². The summed E-state index contributed by atoms with van der Waals surface area (Å²) in [6.45, 7) is 0.689. The summed E-state index contributed by atoms with van der Waals surface area (Å²) in [4.78, 5) is 0. The van der Waals surface area contributed by atoms with Crippen LogP contribution in [0.3, 0.4) is 0 Å². The van der Waals surface area contributed by atoms with E-state index in [0.29, 0.717) is 13.0 Å². The predicted molar refractivity (Wildman–Crippen MR) is 79.0 cm³/mol. The third-order valence-electron chi connectivity index (χ3n) is 2.73. The molecule has 19 heavy (non-hydrogen) atoms. The van der Waals surface area contributed by atoms with Crippen LogP contribution in [0.15, 0.2) is 54.6 Å². The van der Waals surface area contributed by atoms with Crippen LogP contribution in [0.5, 0.6) is 5.75 Å². The Kier molecular flexibility index (Phi) is 5.20. The fourth-order valence-electron chi connectivity index (χ4n) is 1.75. The van der Waals surface area contributed by atoms with Crippen LogP contribution >= 0.6 is 0 Å². The van der Waals surface area contributed by atoms with Gasteiger partial charge in [0.05, 0.1) is 6.61 Å². The van der Waals surface area contributed by atoms with Crippen molar-refractivity contribution < 1.29 is 9.84 Å². The van der Waals surface area contributed by atoms with Gasteiger partial charge in [0, 0.05) is 18.6 Å². The maximum atomic E-state index is 8.77. The molecule has 0 saturated heterocycles. The summed E-state index contributed by atoms with van der Waals surface area (Å²) >= 11 is 0. The summed E-state index contributed by atoms with van der Waals surface area (Å²) in [5.41, 5.74) is 2.21. The minimum Gasteiger partial charge on any atom is -0.493 e. The summed E-state index contributed by atoms with van der Waals surface area (Å²) < 4.78 is 5.65. The Morgan fingerprint density at radius 1 is 0.895 bits per heavy atom. The quantitative estimate of drug-likeness (QED) is 0.630. The van der Waals surface area contributed by atoms with Crippen molar-refractivity contribution >= 4 is 12.2 Å². The van der Waals surface area contributed by atoms with Gasteiger partial charge in [-0.3, -0.25) is 0 Å². The van der Waals surface area contributed by atoms with Crippen molar-refractivity contribution in [2.75, 3.05) is 13.2 Å². The zero-order chi connectivity index (χ0) is 13.3. The molecule has 0 amide bonds. The zero-order valence-corrected chi connectivity index (χ0v) is 10.8. The first kappa shape index (κ1) is 13.4. The second-order valence-electron chi connectivity index (χ2n) is 4.21. The fourth-order valence-corrected chi connectivity index (χ4v) is 1.75. The Balaban J connectivity index is 2.09. The van der Waals surface area contributed by atoms with E-state index < -0.39 is 0 Å². The van der Waals surface area contributed by atoms with E-state index in [9.17, 15) is 0 Å². The number of aliphatic hydroxyl groups is 1. The van der Waals surface area contributed by atoms with Gasteiger partial charge in [-0.2, -0.15) is 0 Å². The summed E-state index contributed by atoms with van der Waals surface area (Å²) in [5, 5.41) is 8.77. The number of hydrogen-bond acceptors (Lipinski definition) is 2. The molecule has 0 bridgehead atoms. The molecule has 2 rings (SSSR count). The molecule has 0 saturated carbocycles. The van der Waals surface area contributed by atoms with E-state index in [4.69, 9.17) is 9.84 Å². The maximum absolute atomic E-state index is 8.77. The SMILES string of the molecule is OCCCOc1ccccc1C=Cc1ccccc1. The number of aliphatic hydroxyl groups excluding tert-OH is 1. The highest BCUT2D eigenvalue weighted by Gasteiger charge is 1.99. The summed E-state index contributed by atoms with van der Waals surface area (Å²) in [5.74, 6) is 0.850. The van der Waals surface area contributed by atoms with Crippen LogP contribution in [0.4, 0.5) is 0 Å². The average Bonchev–Trinajstić information content (AvgIpc) is 2.48. The van der Waals surface area contributed by atoms with Gasteiger partial charge < -0.3 is 9.84 Å². The first-order chi connectivity index (χ1) is 9.40. The zero-order valence-electron chi connectivity index (χ0n) is 10.8. The third kappa shape index (κ3) is 4.27. The number of benzene rings is 2. The van der Waals surface area contributed by atoms with Crippen LogP contribution in [0.2, 0.25) is 0 Å². The maximum Gasteiger partial charge on any atom is 0.126 e. The minimum atomic E-state index is 0.155. The molecular formula is C17H18O2. The highest BCUT2D eigenvalue weighted by molar-refractivity contribution is 5.72. The molecule has 0 unspecified atom stereocenters. The molecule has 0 aliphatic carbocycles. The molecule has 0 aliphatic rings. The van der Waals surface area contributed by atoms with Gasteiger partial charge >= 0.3 is 0 Å². The fraction of sp³-hybridized carbons (Fsp3) is 0.176. The predicted octanol–water partition coefficient (Wildman–Crippen LogP) is 3.62. The standard InChI is InChI=1S/C17H18O2/c18-13-6-14-19-17-10-5-4-9-16(17)12-11-15-7-2-1-3-8-15/h1-5,7-12,18H,6,13-14H2. The Morgan fingerprint density at radius 3 is 2.42 bits per heavy atom. The topological polar surface area (TPSA) is 29.5 Å². The van der Waals surface area contributed by atoms with E-state index in [1.165, 1.54) is 0 Å². The molecule has 0 spiro atoms. The van der Waals surface area contributed by atoms with Crippen molar-refractivity contribution in [3.05, 3.63) is 65.7 Å². The number of para-hydroxylation sites is 1. The first-order valence-corrected chi connectivity index (χ1v) is 6.46. The molecule has 0 heterocycles. The van der Waals surface area contributed by atoms with Crippen LogP contribution in [0.1, 0.15) is 17.5 Å². The van der Waals surface area contributed by atoms with Crippen LogP contribution < -0.4 is 4.74 Å². The van der Waals surface area contributed by atoms with Crippen molar-refractivity contribution in [3.8, 4) is 5.75 Å². The Morgan fingerprint density at radius 2 is 1.63 bits per heavy atom. The van der Waals surface area contributed by atoms with Gasteiger partial charge in [-0.1, -0.05) is 60.7 Å². The molecule has 2 aromatic carbocycles.